The smallest absolute Gasteiger partial charge is 0.302 e. The summed E-state index contributed by atoms with van der Waals surface area (Å²) in [6, 6.07) is 7.99. The van der Waals surface area contributed by atoms with E-state index in [1.807, 2.05) is 12.1 Å². The third kappa shape index (κ3) is 5.99. The molecule has 0 saturated carbocycles. The molecule has 1 saturated heterocycles. The van der Waals surface area contributed by atoms with Crippen LogP contribution in [-0.4, -0.2) is 53.7 Å². The van der Waals surface area contributed by atoms with Gasteiger partial charge in [0.2, 0.25) is 0 Å². The first-order valence-electron chi connectivity index (χ1n) is 7.88. The Morgan fingerprint density at radius 1 is 1.43 bits per heavy atom. The Morgan fingerprint density at radius 2 is 2.13 bits per heavy atom. The Morgan fingerprint density at radius 3 is 2.78 bits per heavy atom. The molecular weight excluding hydrogens is 334 g/mol. The van der Waals surface area contributed by atoms with Crippen LogP contribution < -0.4 is 0 Å². The van der Waals surface area contributed by atoms with E-state index in [-0.39, 0.29) is 12.6 Å². The van der Waals surface area contributed by atoms with Crippen molar-refractivity contribution in [3.63, 3.8) is 0 Å². The number of likely N-dealkylation sites (tertiary alicyclic amines) is 1. The molecule has 2 rings (SSSR count). The van der Waals surface area contributed by atoms with Gasteiger partial charge in [-0.1, -0.05) is 23.7 Å². The highest BCUT2D eigenvalue weighted by molar-refractivity contribution is 7.91. The van der Waals surface area contributed by atoms with Crippen molar-refractivity contribution in [2.24, 2.45) is 5.92 Å². The summed E-state index contributed by atoms with van der Waals surface area (Å²) >= 11 is 5.00. The van der Waals surface area contributed by atoms with Gasteiger partial charge in [-0.25, -0.2) is 0 Å². The Balaban J connectivity index is 1.97. The maximum absolute atomic E-state index is 12.3. The van der Waals surface area contributed by atoms with E-state index in [0.29, 0.717) is 23.3 Å². The molecule has 4 nitrogen and oxygen atoms in total. The molecule has 6 heteroatoms. The molecular formula is C17H24ClNO3S. The summed E-state index contributed by atoms with van der Waals surface area (Å²) in [5, 5.41) is 0.739. The first-order valence-corrected chi connectivity index (χ1v) is 9.74. The van der Waals surface area contributed by atoms with Gasteiger partial charge in [0.15, 0.2) is 0 Å². The lowest BCUT2D eigenvalue weighted by molar-refractivity contribution is -0.140. The van der Waals surface area contributed by atoms with E-state index in [4.69, 9.17) is 16.3 Å². The van der Waals surface area contributed by atoms with E-state index in [1.165, 1.54) is 12.5 Å². The first-order chi connectivity index (χ1) is 11.0. The summed E-state index contributed by atoms with van der Waals surface area (Å²) in [5.41, 5.74) is 1.27. The molecule has 0 aliphatic carbocycles. The number of hydrogen-bond donors (Lipinski definition) is 0. The zero-order valence-electron chi connectivity index (χ0n) is 13.7. The molecule has 0 bridgehead atoms. The molecule has 0 amide bonds. The normalized spacial score (nSPS) is 23.5. The van der Waals surface area contributed by atoms with Gasteiger partial charge in [-0.15, -0.1) is 0 Å². The van der Waals surface area contributed by atoms with Gasteiger partial charge in [0.1, 0.15) is 18.1 Å². The monoisotopic (exact) mass is 357 g/mol. The third-order valence-electron chi connectivity index (χ3n) is 4.25. The fraction of sp³-hybridized carbons (Fsp3) is 0.588. The molecule has 1 unspecified atom stereocenters. The zero-order valence-corrected chi connectivity index (χ0v) is 15.2. The molecule has 1 fully saturated rings. The Hall–Kier alpha value is -0.750. The van der Waals surface area contributed by atoms with E-state index < -0.39 is 11.2 Å². The fourth-order valence-corrected chi connectivity index (χ4v) is 4.51. The van der Waals surface area contributed by atoms with Crippen molar-refractivity contribution in [2.75, 3.05) is 38.2 Å². The van der Waals surface area contributed by atoms with Gasteiger partial charge >= 0.3 is 5.97 Å². The van der Waals surface area contributed by atoms with Crippen molar-refractivity contribution in [3.05, 3.63) is 34.9 Å². The molecule has 0 aromatic heterocycles. The maximum atomic E-state index is 12.3. The summed E-state index contributed by atoms with van der Waals surface area (Å²) in [7, 11) is 2.10. The molecule has 0 spiro atoms. The quantitative estimate of drug-likeness (QED) is 0.580. The molecule has 3 atom stereocenters. The molecule has 128 valence electrons. The third-order valence-corrected chi connectivity index (χ3v) is 5.93. The Bertz CT molecular complexity index is 511. The molecule has 1 heterocycles. The molecule has 0 radical (unpaired) electrons. The highest BCUT2D eigenvalue weighted by Crippen LogP contribution is 2.34. The van der Waals surface area contributed by atoms with Crippen LogP contribution in [0.2, 0.25) is 5.02 Å². The molecule has 1 aliphatic rings. The standard InChI is InChI=1S/C17H24ClNO3S/c1-13(20)22-9-10-23(21)12-15-11-19(2)8-7-17(15)14-3-5-16(18)6-4-14/h3-6,15,17H,7-12H2,1-2H3/t15-,17-,23?/m1/s1. The van der Waals surface area contributed by atoms with Gasteiger partial charge < -0.3 is 14.2 Å². The van der Waals surface area contributed by atoms with Gasteiger partial charge in [-0.3, -0.25) is 4.79 Å². The predicted molar refractivity (Wildman–Crippen MR) is 94.3 cm³/mol. The second-order valence-corrected chi connectivity index (χ2v) is 8.18. The van der Waals surface area contributed by atoms with Gasteiger partial charge in [0.05, 0.1) is 0 Å². The number of ether oxygens (including phenoxy) is 1. The number of nitrogens with zero attached hydrogens (tertiary/aromatic N) is 1. The summed E-state index contributed by atoms with van der Waals surface area (Å²) in [4.78, 5) is 13.1. The molecule has 1 aromatic rings. The number of carbonyl (C=O) groups is 1. The lowest BCUT2D eigenvalue weighted by Crippen LogP contribution is -2.40. The van der Waals surface area contributed by atoms with Crippen molar-refractivity contribution >= 4 is 28.7 Å². The van der Waals surface area contributed by atoms with Crippen molar-refractivity contribution in [1.29, 1.82) is 0 Å². The second-order valence-electron chi connectivity index (χ2n) is 6.12. The summed E-state index contributed by atoms with van der Waals surface area (Å²) in [6.07, 6.45) is 1.06. The average Bonchev–Trinajstić information content (AvgIpc) is 2.48. The highest BCUT2D eigenvalue weighted by Gasteiger charge is 2.32. The fourth-order valence-electron chi connectivity index (χ4n) is 3.13. The van der Waals surface area contributed by atoms with Crippen LogP contribution in [0, 0.1) is 5.92 Å². The number of piperidine rings is 1. The van der Waals surface area contributed by atoms with Crippen LogP contribution >= 0.6 is 11.6 Å². The number of esters is 1. The largest absolute Gasteiger partial charge is 0.616 e. The molecule has 1 aromatic carbocycles. The van der Waals surface area contributed by atoms with Crippen molar-refractivity contribution < 1.29 is 14.1 Å². The van der Waals surface area contributed by atoms with E-state index in [9.17, 15) is 9.35 Å². The van der Waals surface area contributed by atoms with E-state index in [2.05, 4.69) is 24.1 Å². The number of halogens is 1. The predicted octanol–water partition coefficient (Wildman–Crippen LogP) is 2.69. The SMILES string of the molecule is CC(=O)OCC[S+]([O-])C[C@H]1CN(C)CC[C@@H]1c1ccc(Cl)cc1. The van der Waals surface area contributed by atoms with Crippen LogP contribution in [0.5, 0.6) is 0 Å². The summed E-state index contributed by atoms with van der Waals surface area (Å²) < 4.78 is 17.2. The number of rotatable bonds is 6. The first kappa shape index (κ1) is 18.6. The van der Waals surface area contributed by atoms with Crippen LogP contribution in [0.15, 0.2) is 24.3 Å². The summed E-state index contributed by atoms with van der Waals surface area (Å²) in [5.74, 6) is 1.47. The van der Waals surface area contributed by atoms with Crippen LogP contribution in [-0.2, 0) is 20.7 Å². The molecule has 1 aliphatic heterocycles. The number of hydrogen-bond acceptors (Lipinski definition) is 4. The topological polar surface area (TPSA) is 52.6 Å². The van der Waals surface area contributed by atoms with E-state index >= 15 is 0 Å². The minimum absolute atomic E-state index is 0.232. The Kier molecular flexibility index (Phi) is 7.21. The zero-order chi connectivity index (χ0) is 16.8. The van der Waals surface area contributed by atoms with Crippen molar-refractivity contribution in [2.45, 2.75) is 19.3 Å². The van der Waals surface area contributed by atoms with Crippen molar-refractivity contribution in [1.82, 2.24) is 4.90 Å². The van der Waals surface area contributed by atoms with Gasteiger partial charge in [0.25, 0.3) is 0 Å². The van der Waals surface area contributed by atoms with E-state index in [0.717, 1.165) is 24.5 Å². The number of benzene rings is 1. The van der Waals surface area contributed by atoms with Crippen LogP contribution in [0.1, 0.15) is 24.8 Å². The van der Waals surface area contributed by atoms with Gasteiger partial charge in [-0.05, 0) is 54.8 Å². The summed E-state index contributed by atoms with van der Waals surface area (Å²) in [6.45, 7) is 3.59. The average molecular weight is 358 g/mol. The van der Waals surface area contributed by atoms with Crippen LogP contribution in [0.4, 0.5) is 0 Å². The maximum Gasteiger partial charge on any atom is 0.302 e. The highest BCUT2D eigenvalue weighted by atomic mass is 35.5. The Labute approximate surface area is 146 Å². The van der Waals surface area contributed by atoms with Gasteiger partial charge in [0, 0.05) is 24.4 Å². The molecule has 23 heavy (non-hydrogen) atoms. The van der Waals surface area contributed by atoms with E-state index in [1.54, 1.807) is 0 Å². The number of carbonyl (C=O) groups excluding carboxylic acids is 1. The molecule has 0 N–H and O–H groups in total. The lowest BCUT2D eigenvalue weighted by atomic mass is 9.81. The lowest BCUT2D eigenvalue weighted by Gasteiger charge is -2.37. The van der Waals surface area contributed by atoms with Crippen LogP contribution in [0.3, 0.4) is 0 Å². The minimum atomic E-state index is -0.978. The van der Waals surface area contributed by atoms with Crippen LogP contribution in [0.25, 0.3) is 0 Å². The van der Waals surface area contributed by atoms with Gasteiger partial charge in [-0.2, -0.15) is 0 Å². The van der Waals surface area contributed by atoms with Crippen molar-refractivity contribution in [3.8, 4) is 0 Å². The second kappa shape index (κ2) is 8.92. The minimum Gasteiger partial charge on any atom is -0.616 e.